The molecule has 26 heavy (non-hydrogen) atoms. The molecule has 2 aromatic rings. The summed E-state index contributed by atoms with van der Waals surface area (Å²) in [5, 5.41) is 10.2. The molecule has 3 heterocycles. The van der Waals surface area contributed by atoms with Crippen molar-refractivity contribution in [3.05, 3.63) is 38.0 Å². The number of likely N-dealkylation sites (tertiary alicyclic amines) is 1. The molecule has 0 spiro atoms. The van der Waals surface area contributed by atoms with E-state index in [4.69, 9.17) is 0 Å². The number of thiophene rings is 1. The summed E-state index contributed by atoms with van der Waals surface area (Å²) in [6, 6.07) is 4.38. The van der Waals surface area contributed by atoms with Crippen LogP contribution in [0.4, 0.5) is 0 Å². The van der Waals surface area contributed by atoms with Crippen LogP contribution in [0.25, 0.3) is 0 Å². The van der Waals surface area contributed by atoms with Gasteiger partial charge in [0, 0.05) is 29.9 Å². The molecule has 1 aliphatic heterocycles. The average Bonchev–Trinajstić information content (AvgIpc) is 3.25. The van der Waals surface area contributed by atoms with E-state index in [1.807, 2.05) is 18.4 Å². The Kier molecular flexibility index (Phi) is 7.05. The van der Waals surface area contributed by atoms with Crippen molar-refractivity contribution in [3.8, 4) is 0 Å². The Bertz CT molecular complexity index is 700. The summed E-state index contributed by atoms with van der Waals surface area (Å²) in [5.74, 6) is 1.61. The maximum Gasteiger partial charge on any atom is 0.191 e. The van der Waals surface area contributed by atoms with Crippen LogP contribution in [-0.2, 0) is 13.1 Å². The smallest absolute Gasteiger partial charge is 0.191 e. The third-order valence-electron chi connectivity index (χ3n) is 4.86. The second-order valence-electron chi connectivity index (χ2n) is 6.85. The standard InChI is InChI=1S/C19H29N5S2/c1-14-18(26-15(2)23-14)12-22-19(20-3)21-11-16-6-8-24(9-7-16)13-17-5-4-10-25-17/h4-5,10,16H,6-9,11-13H2,1-3H3,(H2,20,21,22). The van der Waals surface area contributed by atoms with Crippen LogP contribution in [0.3, 0.4) is 0 Å². The van der Waals surface area contributed by atoms with E-state index in [1.165, 1.54) is 35.7 Å². The van der Waals surface area contributed by atoms with Gasteiger partial charge in [-0.05, 0) is 57.1 Å². The third kappa shape index (κ3) is 5.53. The highest BCUT2D eigenvalue weighted by atomic mass is 32.1. The van der Waals surface area contributed by atoms with Gasteiger partial charge in [-0.15, -0.1) is 22.7 Å². The molecule has 2 N–H and O–H groups in total. The van der Waals surface area contributed by atoms with Gasteiger partial charge in [0.15, 0.2) is 5.96 Å². The predicted molar refractivity (Wildman–Crippen MR) is 112 cm³/mol. The van der Waals surface area contributed by atoms with Gasteiger partial charge in [0.1, 0.15) is 0 Å². The minimum Gasteiger partial charge on any atom is -0.356 e. The first-order valence-electron chi connectivity index (χ1n) is 9.26. The number of aryl methyl sites for hydroxylation is 2. The molecule has 1 aliphatic rings. The fraction of sp³-hybridized carbons (Fsp3) is 0.579. The van der Waals surface area contributed by atoms with Crippen molar-refractivity contribution in [1.82, 2.24) is 20.5 Å². The summed E-state index contributed by atoms with van der Waals surface area (Å²) in [6.07, 6.45) is 2.50. The lowest BCUT2D eigenvalue weighted by molar-refractivity contribution is 0.179. The number of aliphatic imine (C=N–C) groups is 1. The number of hydrogen-bond donors (Lipinski definition) is 2. The van der Waals surface area contributed by atoms with E-state index in [9.17, 15) is 0 Å². The third-order valence-corrected chi connectivity index (χ3v) is 6.80. The molecule has 2 aromatic heterocycles. The number of guanidine groups is 1. The minimum atomic E-state index is 0.723. The van der Waals surface area contributed by atoms with Crippen LogP contribution in [0.2, 0.25) is 0 Å². The fourth-order valence-corrected chi connectivity index (χ4v) is 4.96. The van der Waals surface area contributed by atoms with E-state index in [2.05, 4.69) is 56.9 Å². The van der Waals surface area contributed by atoms with Crippen molar-refractivity contribution in [2.45, 2.75) is 39.8 Å². The number of nitrogens with one attached hydrogen (secondary N) is 2. The van der Waals surface area contributed by atoms with Crippen LogP contribution in [0.5, 0.6) is 0 Å². The number of rotatable bonds is 6. The van der Waals surface area contributed by atoms with Crippen molar-refractivity contribution in [2.75, 3.05) is 26.7 Å². The fourth-order valence-electron chi connectivity index (χ4n) is 3.33. The maximum atomic E-state index is 4.48. The van der Waals surface area contributed by atoms with Crippen LogP contribution >= 0.6 is 22.7 Å². The molecule has 1 saturated heterocycles. The lowest BCUT2D eigenvalue weighted by Crippen LogP contribution is -2.42. The Morgan fingerprint density at radius 1 is 1.31 bits per heavy atom. The van der Waals surface area contributed by atoms with E-state index >= 15 is 0 Å². The van der Waals surface area contributed by atoms with Gasteiger partial charge in [0.05, 0.1) is 17.2 Å². The van der Waals surface area contributed by atoms with Gasteiger partial charge in [-0.3, -0.25) is 9.89 Å². The molecule has 0 aromatic carbocycles. The summed E-state index contributed by atoms with van der Waals surface area (Å²) < 4.78 is 0. The molecule has 0 bridgehead atoms. The van der Waals surface area contributed by atoms with Gasteiger partial charge in [0.2, 0.25) is 0 Å². The Morgan fingerprint density at radius 2 is 2.12 bits per heavy atom. The van der Waals surface area contributed by atoms with Gasteiger partial charge in [-0.1, -0.05) is 6.07 Å². The monoisotopic (exact) mass is 391 g/mol. The molecule has 3 rings (SSSR count). The Morgan fingerprint density at radius 3 is 2.73 bits per heavy atom. The highest BCUT2D eigenvalue weighted by Gasteiger charge is 2.19. The van der Waals surface area contributed by atoms with Crippen LogP contribution < -0.4 is 10.6 Å². The molecule has 0 saturated carbocycles. The summed E-state index contributed by atoms with van der Waals surface area (Å²) in [5.41, 5.74) is 1.12. The highest BCUT2D eigenvalue weighted by Crippen LogP contribution is 2.20. The summed E-state index contributed by atoms with van der Waals surface area (Å²) in [4.78, 5) is 14.2. The quantitative estimate of drug-likeness (QED) is 0.585. The first-order valence-corrected chi connectivity index (χ1v) is 11.0. The highest BCUT2D eigenvalue weighted by molar-refractivity contribution is 7.11. The zero-order valence-corrected chi connectivity index (χ0v) is 17.6. The van der Waals surface area contributed by atoms with E-state index in [-0.39, 0.29) is 0 Å². The van der Waals surface area contributed by atoms with Crippen molar-refractivity contribution >= 4 is 28.6 Å². The van der Waals surface area contributed by atoms with E-state index in [0.29, 0.717) is 0 Å². The lowest BCUT2D eigenvalue weighted by Gasteiger charge is -2.32. The van der Waals surface area contributed by atoms with Gasteiger partial charge < -0.3 is 10.6 Å². The second kappa shape index (κ2) is 9.48. The average molecular weight is 392 g/mol. The number of aromatic nitrogens is 1. The lowest BCUT2D eigenvalue weighted by atomic mass is 9.97. The van der Waals surface area contributed by atoms with Crippen molar-refractivity contribution in [3.63, 3.8) is 0 Å². The predicted octanol–water partition coefficient (Wildman–Crippen LogP) is 3.40. The van der Waals surface area contributed by atoms with Crippen LogP contribution in [-0.4, -0.2) is 42.5 Å². The summed E-state index contributed by atoms with van der Waals surface area (Å²) >= 11 is 3.61. The van der Waals surface area contributed by atoms with E-state index in [1.54, 1.807) is 11.3 Å². The van der Waals surface area contributed by atoms with Crippen LogP contribution in [0.1, 0.15) is 33.3 Å². The van der Waals surface area contributed by atoms with Gasteiger partial charge in [-0.25, -0.2) is 4.98 Å². The van der Waals surface area contributed by atoms with Crippen molar-refractivity contribution in [2.24, 2.45) is 10.9 Å². The summed E-state index contributed by atoms with van der Waals surface area (Å²) in [6.45, 7) is 9.39. The Balaban J connectivity index is 1.37. The first-order chi connectivity index (χ1) is 12.6. The molecule has 0 unspecified atom stereocenters. The molecular weight excluding hydrogens is 362 g/mol. The van der Waals surface area contributed by atoms with Crippen LogP contribution in [0, 0.1) is 19.8 Å². The molecule has 7 heteroatoms. The molecule has 0 radical (unpaired) electrons. The molecule has 1 fully saturated rings. The number of thiazole rings is 1. The number of piperidine rings is 1. The van der Waals surface area contributed by atoms with Gasteiger partial charge >= 0.3 is 0 Å². The van der Waals surface area contributed by atoms with Crippen LogP contribution in [0.15, 0.2) is 22.5 Å². The molecule has 0 aliphatic carbocycles. The Hall–Kier alpha value is -1.44. The first kappa shape index (κ1) is 19.3. The van der Waals surface area contributed by atoms with E-state index < -0.39 is 0 Å². The van der Waals surface area contributed by atoms with Gasteiger partial charge in [0.25, 0.3) is 0 Å². The van der Waals surface area contributed by atoms with Crippen molar-refractivity contribution in [1.29, 1.82) is 0 Å². The molecule has 5 nitrogen and oxygen atoms in total. The molecule has 142 valence electrons. The number of hydrogen-bond acceptors (Lipinski definition) is 5. The summed E-state index contributed by atoms with van der Waals surface area (Å²) in [7, 11) is 1.84. The Labute approximate surface area is 164 Å². The number of nitrogens with zero attached hydrogens (tertiary/aromatic N) is 3. The normalized spacial score (nSPS) is 16.8. The topological polar surface area (TPSA) is 52.6 Å². The molecule has 0 amide bonds. The van der Waals surface area contributed by atoms with E-state index in [0.717, 1.165) is 42.2 Å². The largest absolute Gasteiger partial charge is 0.356 e. The molecular formula is C19H29N5S2. The van der Waals surface area contributed by atoms with Crippen molar-refractivity contribution < 1.29 is 0 Å². The zero-order chi connectivity index (χ0) is 18.4. The minimum absolute atomic E-state index is 0.723. The SMILES string of the molecule is CN=C(NCc1sc(C)nc1C)NCC1CCN(Cc2cccs2)CC1. The second-order valence-corrected chi connectivity index (χ2v) is 9.17. The zero-order valence-electron chi connectivity index (χ0n) is 15.9. The van der Waals surface area contributed by atoms with Gasteiger partial charge in [-0.2, -0.15) is 0 Å². The maximum absolute atomic E-state index is 4.48. The molecule has 0 atom stereocenters.